The fourth-order valence-corrected chi connectivity index (χ4v) is 4.14. The second kappa shape index (κ2) is 8.84. The van der Waals surface area contributed by atoms with Gasteiger partial charge in [-0.2, -0.15) is 0 Å². The average molecular weight is 394 g/mol. The molecule has 2 aliphatic rings. The molecule has 2 aromatic carbocycles. The van der Waals surface area contributed by atoms with Gasteiger partial charge in [0.2, 0.25) is 0 Å². The highest BCUT2D eigenvalue weighted by atomic mass is 16.5. The molecule has 0 N–H and O–H groups in total. The van der Waals surface area contributed by atoms with Gasteiger partial charge in [-0.1, -0.05) is 30.7 Å². The minimum Gasteiger partial charge on any atom is -0.379 e. The van der Waals surface area contributed by atoms with Crippen LogP contribution in [0.3, 0.4) is 0 Å². The minimum absolute atomic E-state index is 0.220. The van der Waals surface area contributed by atoms with Crippen molar-refractivity contribution in [2.75, 3.05) is 39.4 Å². The first-order valence-electron chi connectivity index (χ1n) is 10.3. The van der Waals surface area contributed by atoms with E-state index in [4.69, 9.17) is 4.74 Å². The molecule has 0 aromatic heterocycles. The zero-order valence-corrected chi connectivity index (χ0v) is 16.6. The Kier molecular flexibility index (Phi) is 6.02. The van der Waals surface area contributed by atoms with E-state index < -0.39 is 0 Å². The van der Waals surface area contributed by atoms with Crippen molar-refractivity contribution in [2.45, 2.75) is 25.7 Å². The van der Waals surface area contributed by atoms with Crippen molar-refractivity contribution in [2.24, 2.45) is 0 Å². The lowest BCUT2D eigenvalue weighted by Crippen LogP contribution is -2.40. The molecule has 2 aliphatic heterocycles. The minimum atomic E-state index is -0.220. The molecule has 2 amide bonds. The van der Waals surface area contributed by atoms with Crippen LogP contribution in [0, 0.1) is 0 Å². The Bertz CT molecular complexity index is 883. The molecule has 4 rings (SSSR count). The van der Waals surface area contributed by atoms with E-state index in [0.717, 1.165) is 36.7 Å². The number of amides is 2. The lowest BCUT2D eigenvalue weighted by molar-refractivity contribution is -0.121. The van der Waals surface area contributed by atoms with E-state index >= 15 is 0 Å². The van der Waals surface area contributed by atoms with Crippen molar-refractivity contribution < 1.29 is 19.1 Å². The SMILES string of the molecule is O=C(CCCCCN1C(=O)c2cccc3cccc(c23)C1=O)CN1CCOCC1. The highest BCUT2D eigenvalue weighted by molar-refractivity contribution is 6.25. The van der Waals surface area contributed by atoms with Crippen LogP contribution in [-0.4, -0.2) is 66.8 Å². The van der Waals surface area contributed by atoms with Crippen molar-refractivity contribution in [3.8, 4) is 0 Å². The summed E-state index contributed by atoms with van der Waals surface area (Å²) in [5, 5.41) is 1.68. The Morgan fingerprint density at radius 2 is 1.55 bits per heavy atom. The summed E-state index contributed by atoms with van der Waals surface area (Å²) in [6.07, 6.45) is 2.85. The predicted octanol–water partition coefficient (Wildman–Crippen LogP) is 2.90. The van der Waals surface area contributed by atoms with Gasteiger partial charge in [0.05, 0.1) is 19.8 Å². The molecule has 0 bridgehead atoms. The largest absolute Gasteiger partial charge is 0.379 e. The molecule has 0 radical (unpaired) electrons. The highest BCUT2D eigenvalue weighted by Gasteiger charge is 2.32. The van der Waals surface area contributed by atoms with Gasteiger partial charge in [-0.15, -0.1) is 0 Å². The van der Waals surface area contributed by atoms with Gasteiger partial charge in [0.25, 0.3) is 11.8 Å². The number of imide groups is 1. The van der Waals surface area contributed by atoms with Crippen molar-refractivity contribution in [3.63, 3.8) is 0 Å². The van der Waals surface area contributed by atoms with E-state index in [0.29, 0.717) is 50.3 Å². The molecule has 2 aromatic rings. The zero-order chi connectivity index (χ0) is 20.2. The third kappa shape index (κ3) is 4.23. The topological polar surface area (TPSA) is 66.9 Å². The Labute approximate surface area is 170 Å². The number of carbonyl (C=O) groups excluding carboxylic acids is 3. The molecular formula is C23H26N2O4. The third-order valence-electron chi connectivity index (χ3n) is 5.70. The first kappa shape index (κ1) is 19.7. The maximum absolute atomic E-state index is 12.8. The molecule has 0 spiro atoms. The fourth-order valence-electron chi connectivity index (χ4n) is 4.14. The Balaban J connectivity index is 1.28. The maximum Gasteiger partial charge on any atom is 0.261 e. The number of Topliss-reactive ketones (excluding diaryl/α,β-unsaturated/α-hetero) is 1. The monoisotopic (exact) mass is 394 g/mol. The molecule has 1 fully saturated rings. The number of benzene rings is 2. The number of rotatable bonds is 8. The number of hydrogen-bond donors (Lipinski definition) is 0. The van der Waals surface area contributed by atoms with Crippen molar-refractivity contribution in [3.05, 3.63) is 47.5 Å². The van der Waals surface area contributed by atoms with Crippen LogP contribution in [-0.2, 0) is 9.53 Å². The smallest absolute Gasteiger partial charge is 0.261 e. The molecule has 0 saturated carbocycles. The first-order valence-corrected chi connectivity index (χ1v) is 10.3. The number of unbranched alkanes of at least 4 members (excludes halogenated alkanes) is 2. The number of morpholine rings is 1. The second-order valence-corrected chi connectivity index (χ2v) is 7.71. The summed E-state index contributed by atoms with van der Waals surface area (Å²) in [5.74, 6) is -0.192. The summed E-state index contributed by atoms with van der Waals surface area (Å²) in [5.41, 5.74) is 1.19. The van der Waals surface area contributed by atoms with Crippen LogP contribution in [0.4, 0.5) is 0 Å². The summed E-state index contributed by atoms with van der Waals surface area (Å²) in [6, 6.07) is 11.1. The highest BCUT2D eigenvalue weighted by Crippen LogP contribution is 2.30. The molecule has 0 unspecified atom stereocenters. The molecule has 152 valence electrons. The maximum atomic E-state index is 12.8. The predicted molar refractivity (Wildman–Crippen MR) is 110 cm³/mol. The summed E-state index contributed by atoms with van der Waals surface area (Å²) < 4.78 is 5.30. The standard InChI is InChI=1S/C23H26N2O4/c26-18(16-24-12-14-29-15-13-24)8-2-1-3-11-25-22(27)19-9-4-6-17-7-5-10-20(21(17)19)23(25)28/h4-7,9-10H,1-3,8,11-16H2. The Morgan fingerprint density at radius 3 is 2.21 bits per heavy atom. The van der Waals surface area contributed by atoms with E-state index in [-0.39, 0.29) is 17.6 Å². The lowest BCUT2D eigenvalue weighted by Gasteiger charge is -2.27. The van der Waals surface area contributed by atoms with Crippen LogP contribution in [0.25, 0.3) is 10.8 Å². The summed E-state index contributed by atoms with van der Waals surface area (Å²) >= 11 is 0. The van der Waals surface area contributed by atoms with Gasteiger partial charge in [0.15, 0.2) is 0 Å². The molecule has 29 heavy (non-hydrogen) atoms. The molecular weight excluding hydrogens is 368 g/mol. The van der Waals surface area contributed by atoms with E-state index in [1.807, 2.05) is 24.3 Å². The Hall–Kier alpha value is -2.57. The van der Waals surface area contributed by atoms with Crippen molar-refractivity contribution >= 4 is 28.4 Å². The number of ketones is 1. The normalized spacial score (nSPS) is 17.2. The summed E-state index contributed by atoms with van der Waals surface area (Å²) in [6.45, 7) is 3.91. The lowest BCUT2D eigenvalue weighted by atomic mass is 9.94. The second-order valence-electron chi connectivity index (χ2n) is 7.71. The van der Waals surface area contributed by atoms with Crippen molar-refractivity contribution in [1.29, 1.82) is 0 Å². The van der Waals surface area contributed by atoms with Gasteiger partial charge in [0.1, 0.15) is 5.78 Å². The van der Waals surface area contributed by atoms with E-state index in [2.05, 4.69) is 4.90 Å². The first-order chi connectivity index (χ1) is 14.1. The van der Waals surface area contributed by atoms with Gasteiger partial charge < -0.3 is 4.74 Å². The van der Waals surface area contributed by atoms with E-state index in [1.54, 1.807) is 12.1 Å². The van der Waals surface area contributed by atoms with Crippen LogP contribution >= 0.6 is 0 Å². The number of nitrogens with zero attached hydrogens (tertiary/aromatic N) is 2. The molecule has 6 nitrogen and oxygen atoms in total. The number of carbonyl (C=O) groups is 3. The van der Waals surface area contributed by atoms with Crippen LogP contribution in [0.2, 0.25) is 0 Å². The van der Waals surface area contributed by atoms with Crippen LogP contribution in [0.5, 0.6) is 0 Å². The number of hydrogen-bond acceptors (Lipinski definition) is 5. The third-order valence-corrected chi connectivity index (χ3v) is 5.70. The van der Waals surface area contributed by atoms with Crippen LogP contribution < -0.4 is 0 Å². The van der Waals surface area contributed by atoms with Gasteiger partial charge in [0, 0.05) is 42.6 Å². The molecule has 1 saturated heterocycles. The van der Waals surface area contributed by atoms with Gasteiger partial charge in [-0.05, 0) is 30.4 Å². The van der Waals surface area contributed by atoms with Gasteiger partial charge >= 0.3 is 0 Å². The molecule has 0 atom stereocenters. The van der Waals surface area contributed by atoms with E-state index in [9.17, 15) is 14.4 Å². The van der Waals surface area contributed by atoms with Crippen molar-refractivity contribution in [1.82, 2.24) is 9.80 Å². The van der Waals surface area contributed by atoms with Crippen LogP contribution in [0.15, 0.2) is 36.4 Å². The molecule has 2 heterocycles. The van der Waals surface area contributed by atoms with Crippen LogP contribution in [0.1, 0.15) is 46.4 Å². The quantitative estimate of drug-likeness (QED) is 0.509. The van der Waals surface area contributed by atoms with Gasteiger partial charge in [-0.3, -0.25) is 24.2 Å². The zero-order valence-electron chi connectivity index (χ0n) is 16.6. The number of ether oxygens (including phenoxy) is 1. The summed E-state index contributed by atoms with van der Waals surface area (Å²) in [7, 11) is 0. The summed E-state index contributed by atoms with van der Waals surface area (Å²) in [4.78, 5) is 41.3. The van der Waals surface area contributed by atoms with E-state index in [1.165, 1.54) is 4.90 Å². The fraction of sp³-hybridized carbons (Fsp3) is 0.435. The molecule has 6 heteroatoms. The van der Waals surface area contributed by atoms with Gasteiger partial charge in [-0.25, -0.2) is 0 Å². The average Bonchev–Trinajstić information content (AvgIpc) is 2.74. The Morgan fingerprint density at radius 1 is 0.897 bits per heavy atom. The molecule has 0 aliphatic carbocycles.